The van der Waals surface area contributed by atoms with Gasteiger partial charge in [0.25, 0.3) is 0 Å². The fourth-order valence-corrected chi connectivity index (χ4v) is 4.68. The Morgan fingerprint density at radius 3 is 2.75 bits per heavy atom. The van der Waals surface area contributed by atoms with E-state index in [0.29, 0.717) is 34.8 Å². The van der Waals surface area contributed by atoms with Crippen molar-refractivity contribution < 1.29 is 23.4 Å². The highest BCUT2D eigenvalue weighted by molar-refractivity contribution is 9.10. The summed E-state index contributed by atoms with van der Waals surface area (Å²) in [6.45, 7) is 4.24. The zero-order valence-electron chi connectivity index (χ0n) is 19.5. The van der Waals surface area contributed by atoms with Crippen LogP contribution < -0.4 is 19.9 Å². The predicted octanol–water partition coefficient (Wildman–Crippen LogP) is 6.34. The van der Waals surface area contributed by atoms with Gasteiger partial charge < -0.3 is 24.4 Å². The summed E-state index contributed by atoms with van der Waals surface area (Å²) in [5.74, 6) is 0.386. The Morgan fingerprint density at radius 2 is 1.97 bits per heavy atom. The lowest BCUT2D eigenvalue weighted by atomic mass is 9.83. The Bertz CT molecular complexity index is 1580. The monoisotopic (exact) mass is 544 g/mol. The summed E-state index contributed by atoms with van der Waals surface area (Å²) in [6, 6.07) is 20.3. The number of carbonyl (C=O) groups excluding carboxylic acids is 1. The Morgan fingerprint density at radius 1 is 1.14 bits per heavy atom. The molecule has 0 aliphatic carbocycles. The van der Waals surface area contributed by atoms with Crippen molar-refractivity contribution in [1.29, 1.82) is 5.26 Å². The summed E-state index contributed by atoms with van der Waals surface area (Å²) in [6.07, 6.45) is 0. The molecule has 180 valence electrons. The molecule has 1 aliphatic rings. The number of allylic oxidation sites excluding steroid dienone is 1. The predicted molar refractivity (Wildman–Crippen MR) is 137 cm³/mol. The second kappa shape index (κ2) is 9.44. The van der Waals surface area contributed by atoms with E-state index in [9.17, 15) is 10.1 Å². The maximum absolute atomic E-state index is 12.9. The van der Waals surface area contributed by atoms with Crippen LogP contribution in [0.25, 0.3) is 11.0 Å². The second-order valence-corrected chi connectivity index (χ2v) is 9.13. The van der Waals surface area contributed by atoms with Crippen LogP contribution in [-0.4, -0.2) is 12.6 Å². The lowest BCUT2D eigenvalue weighted by molar-refractivity contribution is 0.0702. The third-order valence-corrected chi connectivity index (χ3v) is 6.48. The fourth-order valence-electron chi connectivity index (χ4n) is 4.34. The Labute approximate surface area is 215 Å². The van der Waals surface area contributed by atoms with E-state index in [-0.39, 0.29) is 17.4 Å². The van der Waals surface area contributed by atoms with Crippen LogP contribution in [0.2, 0.25) is 0 Å². The first-order chi connectivity index (χ1) is 17.4. The molecule has 0 radical (unpaired) electrons. The quantitative estimate of drug-likeness (QED) is 0.230. The van der Waals surface area contributed by atoms with Gasteiger partial charge in [-0.3, -0.25) is 0 Å². The number of aryl methyl sites for hydroxylation is 1. The molecule has 2 N–H and O–H groups in total. The van der Waals surface area contributed by atoms with Gasteiger partial charge in [0, 0.05) is 27.1 Å². The summed E-state index contributed by atoms with van der Waals surface area (Å²) < 4.78 is 23.6. The third kappa shape index (κ3) is 4.18. The molecule has 4 aromatic rings. The summed E-state index contributed by atoms with van der Waals surface area (Å²) in [5.41, 5.74) is 9.25. The van der Waals surface area contributed by atoms with Crippen LogP contribution in [0.5, 0.6) is 17.2 Å². The van der Waals surface area contributed by atoms with Crippen molar-refractivity contribution in [1.82, 2.24) is 0 Å². The number of rotatable bonds is 5. The first kappa shape index (κ1) is 23.5. The number of fused-ring (bicyclic) bond motifs is 2. The average molecular weight is 545 g/mol. The molecule has 1 atom stereocenters. The fraction of sp³-hybridized carbons (Fsp3) is 0.143. The largest absolute Gasteiger partial charge is 0.494 e. The standard InChI is InChI=1S/C28H21BrN2O5/c1-3-33-18-6-4-5-16(11-18)25-21-10-8-19(13-24(21)36-27(31)22(25)14-30)34-28(32)26-15(2)20-9-7-17(29)12-23(20)35-26/h4-13,25H,3,31H2,1-2H3. The van der Waals surface area contributed by atoms with Crippen LogP contribution in [0.15, 0.2) is 81.0 Å². The minimum atomic E-state index is -0.627. The highest BCUT2D eigenvalue weighted by atomic mass is 79.9. The molecule has 0 fully saturated rings. The minimum Gasteiger partial charge on any atom is -0.494 e. The number of hydrogen-bond acceptors (Lipinski definition) is 7. The number of furan rings is 1. The molecule has 7 nitrogen and oxygen atoms in total. The summed E-state index contributed by atoms with van der Waals surface area (Å²) in [4.78, 5) is 12.9. The van der Waals surface area contributed by atoms with E-state index in [0.717, 1.165) is 21.0 Å². The summed E-state index contributed by atoms with van der Waals surface area (Å²) in [7, 11) is 0. The van der Waals surface area contributed by atoms with Gasteiger partial charge in [-0.05, 0) is 55.8 Å². The average Bonchev–Trinajstić information content (AvgIpc) is 3.19. The molecule has 2 heterocycles. The van der Waals surface area contributed by atoms with Crippen molar-refractivity contribution in [3.63, 3.8) is 0 Å². The minimum absolute atomic E-state index is 0.000931. The van der Waals surface area contributed by atoms with E-state index in [1.54, 1.807) is 24.3 Å². The maximum Gasteiger partial charge on any atom is 0.379 e. The number of ether oxygens (including phenoxy) is 3. The van der Waals surface area contributed by atoms with E-state index in [2.05, 4.69) is 22.0 Å². The Kier molecular flexibility index (Phi) is 6.17. The molecule has 0 saturated carbocycles. The zero-order chi connectivity index (χ0) is 25.4. The number of nitriles is 1. The van der Waals surface area contributed by atoms with Crippen LogP contribution in [0.1, 0.15) is 40.1 Å². The first-order valence-electron chi connectivity index (χ1n) is 11.2. The lowest BCUT2D eigenvalue weighted by Gasteiger charge is -2.27. The van der Waals surface area contributed by atoms with E-state index >= 15 is 0 Å². The Hall–Kier alpha value is -4.22. The molecule has 0 bridgehead atoms. The van der Waals surface area contributed by atoms with Crippen LogP contribution in [0.4, 0.5) is 0 Å². The topological polar surface area (TPSA) is 108 Å². The van der Waals surface area contributed by atoms with Gasteiger partial charge in [-0.25, -0.2) is 4.79 Å². The van der Waals surface area contributed by atoms with Crippen molar-refractivity contribution in [2.24, 2.45) is 5.73 Å². The van der Waals surface area contributed by atoms with Gasteiger partial charge in [-0.1, -0.05) is 34.1 Å². The van der Waals surface area contributed by atoms with Crippen molar-refractivity contribution in [2.45, 2.75) is 19.8 Å². The number of hydrogen-bond donors (Lipinski definition) is 1. The molecule has 36 heavy (non-hydrogen) atoms. The molecular formula is C28H21BrN2O5. The number of carbonyl (C=O) groups is 1. The SMILES string of the molecule is CCOc1cccc(C2C(C#N)=C(N)Oc3cc(OC(=O)c4oc5cc(Br)ccc5c4C)ccc32)c1. The normalized spacial score (nSPS) is 14.7. The van der Waals surface area contributed by atoms with Crippen LogP contribution in [0, 0.1) is 18.3 Å². The van der Waals surface area contributed by atoms with Crippen LogP contribution >= 0.6 is 15.9 Å². The molecule has 0 saturated heterocycles. The van der Waals surface area contributed by atoms with Gasteiger partial charge in [0.05, 0.1) is 12.5 Å². The molecule has 3 aromatic carbocycles. The van der Waals surface area contributed by atoms with Gasteiger partial charge in [0.15, 0.2) is 0 Å². The van der Waals surface area contributed by atoms with Crippen molar-refractivity contribution in [2.75, 3.05) is 6.61 Å². The van der Waals surface area contributed by atoms with Gasteiger partial charge in [-0.15, -0.1) is 0 Å². The molecule has 1 unspecified atom stereocenters. The van der Waals surface area contributed by atoms with E-state index in [4.69, 9.17) is 24.4 Å². The summed E-state index contributed by atoms with van der Waals surface area (Å²) in [5, 5.41) is 10.6. The second-order valence-electron chi connectivity index (χ2n) is 8.22. The highest BCUT2D eigenvalue weighted by Crippen LogP contribution is 2.44. The zero-order valence-corrected chi connectivity index (χ0v) is 21.1. The number of nitrogens with two attached hydrogens (primary N) is 1. The van der Waals surface area contributed by atoms with Crippen LogP contribution in [0.3, 0.4) is 0 Å². The number of halogens is 1. The van der Waals surface area contributed by atoms with E-state index in [1.807, 2.05) is 50.2 Å². The Balaban J connectivity index is 1.48. The van der Waals surface area contributed by atoms with Gasteiger partial charge in [0.2, 0.25) is 11.6 Å². The maximum atomic E-state index is 12.9. The van der Waals surface area contributed by atoms with Crippen molar-refractivity contribution in [3.8, 4) is 23.3 Å². The van der Waals surface area contributed by atoms with Gasteiger partial charge in [-0.2, -0.15) is 5.26 Å². The molecule has 1 aromatic heterocycles. The third-order valence-electron chi connectivity index (χ3n) is 5.99. The molecule has 0 amide bonds. The van der Waals surface area contributed by atoms with Crippen molar-refractivity contribution >= 4 is 32.9 Å². The van der Waals surface area contributed by atoms with E-state index < -0.39 is 11.9 Å². The van der Waals surface area contributed by atoms with E-state index in [1.165, 1.54) is 0 Å². The first-order valence-corrected chi connectivity index (χ1v) is 12.0. The molecule has 5 rings (SSSR count). The summed E-state index contributed by atoms with van der Waals surface area (Å²) >= 11 is 3.41. The number of benzene rings is 3. The molecular weight excluding hydrogens is 524 g/mol. The molecule has 1 aliphatic heterocycles. The molecule has 0 spiro atoms. The number of esters is 1. The molecule has 8 heteroatoms. The number of nitrogens with zero attached hydrogens (tertiary/aromatic N) is 1. The van der Waals surface area contributed by atoms with Crippen LogP contribution in [-0.2, 0) is 0 Å². The van der Waals surface area contributed by atoms with Gasteiger partial charge >= 0.3 is 5.97 Å². The smallest absolute Gasteiger partial charge is 0.379 e. The highest BCUT2D eigenvalue weighted by Gasteiger charge is 2.31. The van der Waals surface area contributed by atoms with Crippen molar-refractivity contribution in [3.05, 3.63) is 99.0 Å². The van der Waals surface area contributed by atoms with Gasteiger partial charge in [0.1, 0.15) is 34.5 Å². The lowest BCUT2D eigenvalue weighted by Crippen LogP contribution is -2.21.